The second kappa shape index (κ2) is 5.95. The number of rotatable bonds is 5. The molecule has 0 amide bonds. The number of hydrogen-bond donors (Lipinski definition) is 2. The normalized spacial score (nSPS) is 13.3. The highest BCUT2D eigenvalue weighted by Crippen LogP contribution is 2.25. The van der Waals surface area contributed by atoms with Crippen molar-refractivity contribution in [3.63, 3.8) is 0 Å². The Morgan fingerprint density at radius 2 is 2.19 bits per heavy atom. The van der Waals surface area contributed by atoms with Crippen LogP contribution in [-0.2, 0) is 6.54 Å². The van der Waals surface area contributed by atoms with Crippen LogP contribution in [-0.4, -0.2) is 28.8 Å². The number of fused-ring (bicyclic) bond motifs is 1. The number of nitrogens with zero attached hydrogens (tertiary/aromatic N) is 3. The number of allylic oxidation sites excluding steroid dienone is 1. The average Bonchev–Trinajstić information content (AvgIpc) is 3.07. The first-order chi connectivity index (χ1) is 10.2. The molecule has 2 aromatic rings. The van der Waals surface area contributed by atoms with Crippen molar-refractivity contribution < 1.29 is 0 Å². The zero-order valence-electron chi connectivity index (χ0n) is 12.2. The van der Waals surface area contributed by atoms with Gasteiger partial charge in [0.25, 0.3) is 0 Å². The molecule has 0 saturated carbocycles. The highest BCUT2D eigenvalue weighted by molar-refractivity contribution is 7.09. The fraction of sp³-hybridized carbons (Fsp3) is 0.357. The van der Waals surface area contributed by atoms with Gasteiger partial charge in [-0.05, 0) is 37.8 Å². The Hall–Kier alpha value is -1.73. The molecular weight excluding hydrogens is 281 g/mol. The third-order valence-corrected chi connectivity index (χ3v) is 4.30. The molecule has 1 radical (unpaired) electrons. The molecule has 1 aliphatic heterocycles. The summed E-state index contributed by atoms with van der Waals surface area (Å²) in [4.78, 5) is 13.4. The maximum absolute atomic E-state index is 5.68. The Morgan fingerprint density at radius 1 is 1.33 bits per heavy atom. The van der Waals surface area contributed by atoms with Crippen LogP contribution in [0.4, 0.5) is 5.82 Å². The SMILES string of the molecule is CC1=C(CCN)[B]c2c(NCc3nccs3)nc(C)nc21. The third kappa shape index (κ3) is 2.84. The van der Waals surface area contributed by atoms with E-state index in [1.54, 1.807) is 11.3 Å². The largest absolute Gasteiger partial charge is 0.364 e. The highest BCUT2D eigenvalue weighted by atomic mass is 32.1. The maximum Gasteiger partial charge on any atom is 0.194 e. The summed E-state index contributed by atoms with van der Waals surface area (Å²) in [6.07, 6.45) is 2.68. The second-order valence-corrected chi connectivity index (χ2v) is 5.97. The van der Waals surface area contributed by atoms with Crippen LogP contribution < -0.4 is 16.5 Å². The molecule has 0 aromatic carbocycles. The van der Waals surface area contributed by atoms with Gasteiger partial charge in [-0.1, -0.05) is 5.47 Å². The van der Waals surface area contributed by atoms with E-state index in [2.05, 4.69) is 34.5 Å². The quantitative estimate of drug-likeness (QED) is 0.813. The molecule has 0 fully saturated rings. The molecule has 2 aromatic heterocycles. The second-order valence-electron chi connectivity index (χ2n) is 4.99. The van der Waals surface area contributed by atoms with Crippen molar-refractivity contribution in [1.82, 2.24) is 15.0 Å². The Balaban J connectivity index is 1.87. The summed E-state index contributed by atoms with van der Waals surface area (Å²) in [5, 5.41) is 6.40. The Kier molecular flexibility index (Phi) is 4.03. The summed E-state index contributed by atoms with van der Waals surface area (Å²) >= 11 is 1.63. The number of aromatic nitrogens is 3. The molecule has 0 spiro atoms. The number of thiazole rings is 1. The van der Waals surface area contributed by atoms with Crippen LogP contribution in [0.2, 0.25) is 0 Å². The van der Waals surface area contributed by atoms with Crippen LogP contribution in [0.5, 0.6) is 0 Å². The summed E-state index contributed by atoms with van der Waals surface area (Å²) in [6.45, 7) is 5.35. The topological polar surface area (TPSA) is 76.7 Å². The van der Waals surface area contributed by atoms with E-state index in [1.807, 2.05) is 18.5 Å². The number of nitrogens with one attached hydrogen (secondary N) is 1. The minimum atomic E-state index is 0.644. The van der Waals surface area contributed by atoms with Crippen molar-refractivity contribution in [2.45, 2.75) is 26.8 Å². The molecule has 0 unspecified atom stereocenters. The van der Waals surface area contributed by atoms with E-state index < -0.39 is 0 Å². The van der Waals surface area contributed by atoms with Crippen molar-refractivity contribution in [3.05, 3.63) is 33.6 Å². The van der Waals surface area contributed by atoms with E-state index in [9.17, 15) is 0 Å². The number of anilines is 1. The maximum atomic E-state index is 5.68. The monoisotopic (exact) mass is 298 g/mol. The lowest BCUT2D eigenvalue weighted by molar-refractivity contribution is 0.991. The van der Waals surface area contributed by atoms with Gasteiger partial charge in [-0.2, -0.15) is 0 Å². The summed E-state index contributed by atoms with van der Waals surface area (Å²) in [7, 11) is 2.15. The predicted molar refractivity (Wildman–Crippen MR) is 87.9 cm³/mol. The van der Waals surface area contributed by atoms with E-state index in [0.29, 0.717) is 13.1 Å². The lowest BCUT2D eigenvalue weighted by Gasteiger charge is -2.10. The molecule has 3 heterocycles. The van der Waals surface area contributed by atoms with Gasteiger partial charge in [-0.15, -0.1) is 11.3 Å². The van der Waals surface area contributed by atoms with Gasteiger partial charge in [0.15, 0.2) is 7.28 Å². The van der Waals surface area contributed by atoms with Crippen molar-refractivity contribution in [1.29, 1.82) is 0 Å². The fourth-order valence-electron chi connectivity index (χ4n) is 2.49. The van der Waals surface area contributed by atoms with Gasteiger partial charge in [-0.25, -0.2) is 15.0 Å². The van der Waals surface area contributed by atoms with Crippen LogP contribution >= 0.6 is 11.3 Å². The van der Waals surface area contributed by atoms with Crippen molar-refractivity contribution in [2.75, 3.05) is 11.9 Å². The van der Waals surface area contributed by atoms with Crippen LogP contribution in [0.1, 0.15) is 29.9 Å². The lowest BCUT2D eigenvalue weighted by atomic mass is 9.65. The minimum absolute atomic E-state index is 0.644. The van der Waals surface area contributed by atoms with Crippen molar-refractivity contribution >= 4 is 35.5 Å². The first kappa shape index (κ1) is 14.2. The minimum Gasteiger partial charge on any atom is -0.364 e. The van der Waals surface area contributed by atoms with E-state index in [0.717, 1.165) is 34.2 Å². The van der Waals surface area contributed by atoms with Gasteiger partial charge >= 0.3 is 0 Å². The highest BCUT2D eigenvalue weighted by Gasteiger charge is 2.24. The van der Waals surface area contributed by atoms with Gasteiger partial charge in [-0.3, -0.25) is 0 Å². The summed E-state index contributed by atoms with van der Waals surface area (Å²) in [6, 6.07) is 0. The molecule has 0 aliphatic carbocycles. The summed E-state index contributed by atoms with van der Waals surface area (Å²) in [5.41, 5.74) is 10.2. The molecule has 0 bridgehead atoms. The van der Waals surface area contributed by atoms with Gasteiger partial charge in [0.1, 0.15) is 16.6 Å². The van der Waals surface area contributed by atoms with Crippen molar-refractivity contribution in [3.8, 4) is 0 Å². The van der Waals surface area contributed by atoms with Crippen molar-refractivity contribution in [2.24, 2.45) is 5.73 Å². The van der Waals surface area contributed by atoms with Crippen LogP contribution in [0.3, 0.4) is 0 Å². The molecule has 3 N–H and O–H groups in total. The Morgan fingerprint density at radius 3 is 2.90 bits per heavy atom. The molecule has 21 heavy (non-hydrogen) atoms. The average molecular weight is 298 g/mol. The Labute approximate surface area is 129 Å². The Bertz CT molecular complexity index is 681. The van der Waals surface area contributed by atoms with Crippen LogP contribution in [0, 0.1) is 6.92 Å². The molecule has 7 heteroatoms. The molecule has 3 rings (SSSR count). The van der Waals surface area contributed by atoms with Gasteiger partial charge in [0.2, 0.25) is 0 Å². The predicted octanol–water partition coefficient (Wildman–Crippen LogP) is 1.28. The van der Waals surface area contributed by atoms with Gasteiger partial charge < -0.3 is 11.1 Å². The molecule has 107 valence electrons. The van der Waals surface area contributed by atoms with Crippen LogP contribution in [0.25, 0.3) is 5.57 Å². The smallest absolute Gasteiger partial charge is 0.194 e. The zero-order chi connectivity index (χ0) is 14.8. The number of hydrogen-bond acceptors (Lipinski definition) is 6. The van der Waals surface area contributed by atoms with E-state index in [1.165, 1.54) is 11.0 Å². The van der Waals surface area contributed by atoms with Gasteiger partial charge in [0, 0.05) is 11.6 Å². The van der Waals surface area contributed by atoms with E-state index >= 15 is 0 Å². The first-order valence-corrected chi connectivity index (χ1v) is 7.83. The number of aryl methyl sites for hydroxylation is 1. The zero-order valence-corrected chi connectivity index (χ0v) is 13.0. The summed E-state index contributed by atoms with van der Waals surface area (Å²) < 4.78 is 0. The lowest BCUT2D eigenvalue weighted by Crippen LogP contribution is -2.24. The fourth-order valence-corrected chi connectivity index (χ4v) is 3.04. The van der Waals surface area contributed by atoms with Crippen LogP contribution in [0.15, 0.2) is 17.0 Å². The first-order valence-electron chi connectivity index (χ1n) is 6.95. The molecule has 1 aliphatic rings. The third-order valence-electron chi connectivity index (χ3n) is 3.52. The standard InChI is InChI=1S/C14H17BN5S/c1-8-10(3-4-16)15-12-13(8)19-9(2)20-14(12)18-7-11-17-5-6-21-11/h5-6H,3-4,7,16H2,1-2H3,(H,18,19,20). The molecule has 5 nitrogen and oxygen atoms in total. The molecular formula is C14H17BN5S. The van der Waals surface area contributed by atoms with Gasteiger partial charge in [0.05, 0.1) is 12.2 Å². The summed E-state index contributed by atoms with van der Waals surface area (Å²) in [5.74, 6) is 1.65. The van der Waals surface area contributed by atoms with E-state index in [4.69, 9.17) is 5.73 Å². The number of nitrogens with two attached hydrogens (primary N) is 1. The van der Waals surface area contributed by atoms with E-state index in [-0.39, 0.29) is 0 Å². The molecule has 0 saturated heterocycles. The molecule has 0 atom stereocenters.